The number of rotatable bonds is 5. The highest BCUT2D eigenvalue weighted by Gasteiger charge is 2.05. The summed E-state index contributed by atoms with van der Waals surface area (Å²) >= 11 is 4.82. The number of hydrogen-bond donors (Lipinski definition) is 0. The van der Waals surface area contributed by atoms with Gasteiger partial charge >= 0.3 is 0 Å². The van der Waals surface area contributed by atoms with Gasteiger partial charge in [-0.2, -0.15) is 0 Å². The van der Waals surface area contributed by atoms with Gasteiger partial charge in [-0.05, 0) is 42.0 Å². The van der Waals surface area contributed by atoms with E-state index >= 15 is 0 Å². The fraction of sp³-hybridized carbons (Fsp3) is 0.133. The molecule has 2 aromatic carbocycles. The summed E-state index contributed by atoms with van der Waals surface area (Å²) in [4.78, 5) is 12.8. The van der Waals surface area contributed by atoms with Gasteiger partial charge in [-0.1, -0.05) is 28.1 Å². The van der Waals surface area contributed by atoms with Gasteiger partial charge in [0.15, 0.2) is 0 Å². The molecule has 19 heavy (non-hydrogen) atoms. The summed E-state index contributed by atoms with van der Waals surface area (Å²) in [5.74, 6) is 0.301. The first-order valence-corrected chi connectivity index (χ1v) is 7.56. The Morgan fingerprint density at radius 1 is 1.16 bits per heavy atom. The molecule has 0 heterocycles. The zero-order chi connectivity index (χ0) is 13.7. The average molecular weight is 339 g/mol. The first-order valence-electron chi connectivity index (χ1n) is 5.78. The second-order valence-electron chi connectivity index (χ2n) is 4.09. The Hall–Kier alpha value is -1.13. The summed E-state index contributed by atoms with van der Waals surface area (Å²) in [6.45, 7) is 0. The highest BCUT2D eigenvalue weighted by Crippen LogP contribution is 2.19. The molecule has 0 aliphatic carbocycles. The quantitative estimate of drug-likeness (QED) is 0.747. The molecule has 0 N–H and O–H groups in total. The SMILES string of the molecule is O=C(CSc1ccc(F)cc1)Cc1cccc(Br)c1. The molecule has 0 unspecified atom stereocenters. The Morgan fingerprint density at radius 3 is 2.58 bits per heavy atom. The number of ketones is 1. The van der Waals surface area contributed by atoms with Gasteiger partial charge in [-0.15, -0.1) is 11.8 Å². The van der Waals surface area contributed by atoms with Crippen molar-refractivity contribution < 1.29 is 9.18 Å². The van der Waals surface area contributed by atoms with Crippen LogP contribution in [0.3, 0.4) is 0 Å². The van der Waals surface area contributed by atoms with Crippen LogP contribution >= 0.6 is 27.7 Å². The van der Waals surface area contributed by atoms with Gasteiger partial charge in [-0.3, -0.25) is 4.79 Å². The highest BCUT2D eigenvalue weighted by atomic mass is 79.9. The Balaban J connectivity index is 1.86. The molecular formula is C15H12BrFOS. The summed E-state index contributed by atoms with van der Waals surface area (Å²) in [5, 5.41) is 0. The van der Waals surface area contributed by atoms with Crippen LogP contribution in [0, 0.1) is 5.82 Å². The van der Waals surface area contributed by atoms with Crippen LogP contribution in [0.1, 0.15) is 5.56 Å². The number of carbonyl (C=O) groups excluding carboxylic acids is 1. The van der Waals surface area contributed by atoms with Gasteiger partial charge in [0, 0.05) is 15.8 Å². The monoisotopic (exact) mass is 338 g/mol. The predicted molar refractivity (Wildman–Crippen MR) is 80.0 cm³/mol. The highest BCUT2D eigenvalue weighted by molar-refractivity contribution is 9.10. The van der Waals surface area contributed by atoms with Crippen molar-refractivity contribution in [1.82, 2.24) is 0 Å². The van der Waals surface area contributed by atoms with Crippen LogP contribution in [0.25, 0.3) is 0 Å². The van der Waals surface area contributed by atoms with Crippen molar-refractivity contribution in [3.8, 4) is 0 Å². The van der Waals surface area contributed by atoms with Crippen LogP contribution in [0.4, 0.5) is 4.39 Å². The third-order valence-electron chi connectivity index (χ3n) is 2.50. The first-order chi connectivity index (χ1) is 9.13. The number of benzene rings is 2. The maximum Gasteiger partial charge on any atom is 0.147 e. The van der Waals surface area contributed by atoms with E-state index in [4.69, 9.17) is 0 Å². The van der Waals surface area contributed by atoms with E-state index in [-0.39, 0.29) is 11.6 Å². The molecule has 2 aromatic rings. The van der Waals surface area contributed by atoms with E-state index in [2.05, 4.69) is 15.9 Å². The molecule has 98 valence electrons. The van der Waals surface area contributed by atoms with Gasteiger partial charge in [0.25, 0.3) is 0 Å². The van der Waals surface area contributed by atoms with Gasteiger partial charge in [-0.25, -0.2) is 4.39 Å². The Labute approximate surface area is 124 Å². The lowest BCUT2D eigenvalue weighted by atomic mass is 10.1. The van der Waals surface area contributed by atoms with Crippen LogP contribution in [-0.2, 0) is 11.2 Å². The van der Waals surface area contributed by atoms with Crippen LogP contribution in [0.2, 0.25) is 0 Å². The van der Waals surface area contributed by atoms with Crippen molar-refractivity contribution >= 4 is 33.5 Å². The lowest BCUT2D eigenvalue weighted by Crippen LogP contribution is -2.05. The molecule has 0 aromatic heterocycles. The van der Waals surface area contributed by atoms with E-state index in [0.717, 1.165) is 14.9 Å². The third-order valence-corrected chi connectivity index (χ3v) is 4.07. The summed E-state index contributed by atoms with van der Waals surface area (Å²) in [7, 11) is 0. The molecule has 0 bridgehead atoms. The summed E-state index contributed by atoms with van der Waals surface area (Å²) in [5.41, 5.74) is 0.999. The molecule has 4 heteroatoms. The summed E-state index contributed by atoms with van der Waals surface area (Å²) < 4.78 is 13.7. The third kappa shape index (κ3) is 4.80. The van der Waals surface area contributed by atoms with Gasteiger partial charge < -0.3 is 0 Å². The first kappa shape index (κ1) is 14.3. The number of carbonyl (C=O) groups is 1. The molecule has 0 radical (unpaired) electrons. The Bertz CT molecular complexity index is 569. The molecule has 0 spiro atoms. The van der Waals surface area contributed by atoms with Crippen molar-refractivity contribution in [2.24, 2.45) is 0 Å². The zero-order valence-corrected chi connectivity index (χ0v) is 12.5. The minimum absolute atomic E-state index is 0.160. The van der Waals surface area contributed by atoms with E-state index in [1.165, 1.54) is 23.9 Å². The normalized spacial score (nSPS) is 10.4. The molecule has 0 aliphatic heterocycles. The molecular weight excluding hydrogens is 327 g/mol. The topological polar surface area (TPSA) is 17.1 Å². The molecule has 0 amide bonds. The van der Waals surface area contributed by atoms with Gasteiger partial charge in [0.1, 0.15) is 11.6 Å². The summed E-state index contributed by atoms with van der Waals surface area (Å²) in [6.07, 6.45) is 0.424. The lowest BCUT2D eigenvalue weighted by molar-refractivity contribution is -0.116. The van der Waals surface area contributed by atoms with E-state index in [9.17, 15) is 9.18 Å². The fourth-order valence-electron chi connectivity index (χ4n) is 1.62. The number of Topliss-reactive ketones (excluding diaryl/α,β-unsaturated/α-hetero) is 1. The molecule has 0 atom stereocenters. The van der Waals surface area contributed by atoms with Crippen LogP contribution in [0.15, 0.2) is 57.9 Å². The minimum Gasteiger partial charge on any atom is -0.298 e. The largest absolute Gasteiger partial charge is 0.298 e. The van der Waals surface area contributed by atoms with Crippen molar-refractivity contribution in [3.05, 3.63) is 64.4 Å². The second kappa shape index (κ2) is 6.87. The smallest absolute Gasteiger partial charge is 0.147 e. The number of thioether (sulfide) groups is 1. The van der Waals surface area contributed by atoms with Gasteiger partial charge in [0.05, 0.1) is 5.75 Å². The molecule has 0 saturated heterocycles. The van der Waals surface area contributed by atoms with E-state index in [1.807, 2.05) is 24.3 Å². The van der Waals surface area contributed by atoms with Crippen LogP contribution in [0.5, 0.6) is 0 Å². The van der Waals surface area contributed by atoms with E-state index in [1.54, 1.807) is 12.1 Å². The Kier molecular flexibility index (Phi) is 5.16. The fourth-order valence-corrected chi connectivity index (χ4v) is 2.83. The summed E-state index contributed by atoms with van der Waals surface area (Å²) in [6, 6.07) is 13.9. The minimum atomic E-state index is -0.259. The lowest BCUT2D eigenvalue weighted by Gasteiger charge is -2.03. The molecule has 0 fully saturated rings. The zero-order valence-electron chi connectivity index (χ0n) is 10.1. The molecule has 1 nitrogen and oxygen atoms in total. The molecule has 2 rings (SSSR count). The van der Waals surface area contributed by atoms with Gasteiger partial charge in [0.2, 0.25) is 0 Å². The van der Waals surface area contributed by atoms with Crippen molar-refractivity contribution in [2.75, 3.05) is 5.75 Å². The van der Waals surface area contributed by atoms with Crippen LogP contribution in [-0.4, -0.2) is 11.5 Å². The van der Waals surface area contributed by atoms with Crippen molar-refractivity contribution in [2.45, 2.75) is 11.3 Å². The maximum atomic E-state index is 12.7. The average Bonchev–Trinajstić information content (AvgIpc) is 2.38. The Morgan fingerprint density at radius 2 is 1.89 bits per heavy atom. The van der Waals surface area contributed by atoms with Crippen molar-refractivity contribution in [3.63, 3.8) is 0 Å². The van der Waals surface area contributed by atoms with E-state index < -0.39 is 0 Å². The second-order valence-corrected chi connectivity index (χ2v) is 6.05. The van der Waals surface area contributed by atoms with E-state index in [0.29, 0.717) is 12.2 Å². The molecule has 0 saturated carbocycles. The van der Waals surface area contributed by atoms with Crippen LogP contribution < -0.4 is 0 Å². The number of hydrogen-bond acceptors (Lipinski definition) is 2. The van der Waals surface area contributed by atoms with Crippen molar-refractivity contribution in [1.29, 1.82) is 0 Å². The maximum absolute atomic E-state index is 12.7. The predicted octanol–water partition coefficient (Wildman–Crippen LogP) is 4.49. The standard InChI is InChI=1S/C15H12BrFOS/c16-12-3-1-2-11(8-12)9-14(18)10-19-15-6-4-13(17)5-7-15/h1-8H,9-10H2. The number of halogens is 2. The molecule has 0 aliphatic rings.